The third-order valence-corrected chi connectivity index (χ3v) is 5.94. The lowest BCUT2D eigenvalue weighted by Crippen LogP contribution is -2.41. The Morgan fingerprint density at radius 2 is 1.57 bits per heavy atom. The van der Waals surface area contributed by atoms with Crippen LogP contribution in [0.2, 0.25) is 10.0 Å². The van der Waals surface area contributed by atoms with Gasteiger partial charge in [0.05, 0.1) is 33.4 Å². The topological polar surface area (TPSA) is 114 Å². The highest BCUT2D eigenvalue weighted by Gasteiger charge is 2.27. The van der Waals surface area contributed by atoms with Crippen molar-refractivity contribution in [3.8, 4) is 0 Å². The Morgan fingerprint density at radius 3 is 2.29 bits per heavy atom. The third-order valence-electron chi connectivity index (χ3n) is 5.20. The van der Waals surface area contributed by atoms with Gasteiger partial charge in [0.2, 0.25) is 11.8 Å². The zero-order valence-electron chi connectivity index (χ0n) is 18.1. The lowest BCUT2D eigenvalue weighted by molar-refractivity contribution is -0.122. The normalized spacial score (nSPS) is 14.2. The highest BCUT2D eigenvalue weighted by atomic mass is 35.5. The van der Waals surface area contributed by atoms with Crippen molar-refractivity contribution in [3.05, 3.63) is 87.9 Å². The molecule has 0 bridgehead atoms. The van der Waals surface area contributed by atoms with Crippen molar-refractivity contribution in [1.29, 1.82) is 0 Å². The minimum atomic E-state index is -0.716. The van der Waals surface area contributed by atoms with E-state index in [1.807, 2.05) is 12.1 Å². The number of carbonyl (C=O) groups is 4. The molecule has 178 valence electrons. The number of anilines is 3. The Kier molecular flexibility index (Phi) is 7.33. The number of esters is 1. The van der Waals surface area contributed by atoms with E-state index >= 15 is 0 Å². The molecule has 0 aliphatic carbocycles. The molecule has 1 aliphatic heterocycles. The van der Waals surface area contributed by atoms with Crippen LogP contribution in [0.5, 0.6) is 0 Å². The molecule has 0 fully saturated rings. The second-order valence-electron chi connectivity index (χ2n) is 7.69. The molecule has 0 aromatic heterocycles. The van der Waals surface area contributed by atoms with Crippen molar-refractivity contribution in [1.82, 2.24) is 0 Å². The summed E-state index contributed by atoms with van der Waals surface area (Å²) in [6.07, 6.45) is -0.0826. The summed E-state index contributed by atoms with van der Waals surface area (Å²) in [5, 5.41) is 9.05. The predicted octanol–water partition coefficient (Wildman–Crippen LogP) is 4.79. The van der Waals surface area contributed by atoms with Crippen LogP contribution in [-0.2, 0) is 14.3 Å². The van der Waals surface area contributed by atoms with Crippen LogP contribution in [-0.4, -0.2) is 36.2 Å². The summed E-state index contributed by atoms with van der Waals surface area (Å²) in [4.78, 5) is 49.2. The predicted molar refractivity (Wildman–Crippen MR) is 133 cm³/mol. The minimum Gasteiger partial charge on any atom is -0.454 e. The maximum atomic E-state index is 12.4. The van der Waals surface area contributed by atoms with E-state index in [9.17, 15) is 19.2 Å². The van der Waals surface area contributed by atoms with Gasteiger partial charge in [-0.15, -0.1) is 0 Å². The van der Waals surface area contributed by atoms with Gasteiger partial charge in [-0.3, -0.25) is 14.4 Å². The first-order chi connectivity index (χ1) is 16.8. The third kappa shape index (κ3) is 5.98. The van der Waals surface area contributed by atoms with Gasteiger partial charge in [-0.2, -0.15) is 0 Å². The first-order valence-electron chi connectivity index (χ1n) is 10.5. The molecule has 1 atom stereocenters. The van der Waals surface area contributed by atoms with E-state index in [1.54, 1.807) is 12.1 Å². The van der Waals surface area contributed by atoms with Gasteiger partial charge in [0.25, 0.3) is 0 Å². The number of fused-ring (bicyclic) bond motifs is 1. The lowest BCUT2D eigenvalue weighted by atomic mass is 10.1. The van der Waals surface area contributed by atoms with Gasteiger partial charge in [-0.25, -0.2) is 4.79 Å². The molecule has 0 spiro atoms. The van der Waals surface area contributed by atoms with Crippen molar-refractivity contribution < 1.29 is 23.9 Å². The van der Waals surface area contributed by atoms with Gasteiger partial charge >= 0.3 is 5.97 Å². The van der Waals surface area contributed by atoms with Crippen LogP contribution < -0.4 is 16.0 Å². The molecule has 1 aliphatic rings. The van der Waals surface area contributed by atoms with Crippen LogP contribution in [0.3, 0.4) is 0 Å². The van der Waals surface area contributed by atoms with Crippen molar-refractivity contribution in [3.63, 3.8) is 0 Å². The number of ketones is 1. The highest BCUT2D eigenvalue weighted by Crippen LogP contribution is 2.27. The fraction of sp³-hybridized carbons (Fsp3) is 0.120. The van der Waals surface area contributed by atoms with Crippen LogP contribution >= 0.6 is 23.2 Å². The highest BCUT2D eigenvalue weighted by molar-refractivity contribution is 6.42. The maximum Gasteiger partial charge on any atom is 0.338 e. The van der Waals surface area contributed by atoms with E-state index in [4.69, 9.17) is 27.9 Å². The molecular formula is C25H19Cl2N3O5. The summed E-state index contributed by atoms with van der Waals surface area (Å²) in [6, 6.07) is 16.9. The molecule has 1 unspecified atom stereocenters. The number of hydrogen-bond donors (Lipinski definition) is 3. The zero-order chi connectivity index (χ0) is 24.9. The van der Waals surface area contributed by atoms with Crippen molar-refractivity contribution >= 4 is 63.8 Å². The van der Waals surface area contributed by atoms with E-state index in [2.05, 4.69) is 16.0 Å². The van der Waals surface area contributed by atoms with E-state index in [1.165, 1.54) is 42.5 Å². The molecule has 0 saturated carbocycles. The molecule has 8 nitrogen and oxygen atoms in total. The van der Waals surface area contributed by atoms with Gasteiger partial charge < -0.3 is 20.7 Å². The van der Waals surface area contributed by atoms with Gasteiger partial charge in [-0.1, -0.05) is 35.3 Å². The largest absolute Gasteiger partial charge is 0.454 e. The first kappa shape index (κ1) is 24.3. The smallest absolute Gasteiger partial charge is 0.338 e. The van der Waals surface area contributed by atoms with Crippen LogP contribution in [0.25, 0.3) is 0 Å². The van der Waals surface area contributed by atoms with Gasteiger partial charge in [-0.05, 0) is 54.6 Å². The molecule has 3 N–H and O–H groups in total. The molecular weight excluding hydrogens is 493 g/mol. The average molecular weight is 512 g/mol. The summed E-state index contributed by atoms with van der Waals surface area (Å²) in [7, 11) is 0. The van der Waals surface area contributed by atoms with Crippen molar-refractivity contribution in [2.24, 2.45) is 0 Å². The van der Waals surface area contributed by atoms with E-state index in [0.29, 0.717) is 16.4 Å². The Labute approximate surface area is 210 Å². The van der Waals surface area contributed by atoms with Crippen LogP contribution in [0.4, 0.5) is 17.1 Å². The second-order valence-corrected chi connectivity index (χ2v) is 8.50. The van der Waals surface area contributed by atoms with Crippen molar-refractivity contribution in [2.45, 2.75) is 12.5 Å². The summed E-state index contributed by atoms with van der Waals surface area (Å²) in [5.74, 6) is -1.80. The number of ether oxygens (including phenoxy) is 1. The monoisotopic (exact) mass is 511 g/mol. The molecule has 35 heavy (non-hydrogen) atoms. The quantitative estimate of drug-likeness (QED) is 0.310. The maximum absolute atomic E-state index is 12.4. The number of hydrogen-bond acceptors (Lipinski definition) is 6. The Morgan fingerprint density at radius 1 is 0.886 bits per heavy atom. The molecule has 0 radical (unpaired) electrons. The number of Topliss-reactive ketones (excluding diaryl/α,β-unsaturated/α-hetero) is 1. The van der Waals surface area contributed by atoms with Crippen LogP contribution in [0.15, 0.2) is 66.7 Å². The molecule has 3 aromatic carbocycles. The van der Waals surface area contributed by atoms with E-state index < -0.39 is 24.4 Å². The number of nitrogens with one attached hydrogen (secondary N) is 3. The van der Waals surface area contributed by atoms with E-state index in [-0.39, 0.29) is 34.4 Å². The van der Waals surface area contributed by atoms with Gasteiger partial charge in [0.1, 0.15) is 6.04 Å². The van der Waals surface area contributed by atoms with Crippen molar-refractivity contribution in [2.75, 3.05) is 22.6 Å². The Bertz CT molecular complexity index is 1310. The number of rotatable bonds is 7. The Hall–Kier alpha value is -3.88. The number of amides is 2. The average Bonchev–Trinajstić information content (AvgIpc) is 2.85. The second kappa shape index (κ2) is 10.6. The molecule has 4 rings (SSSR count). The number of carbonyl (C=O) groups excluding carboxylic acids is 4. The summed E-state index contributed by atoms with van der Waals surface area (Å²) < 4.78 is 5.07. The zero-order valence-corrected chi connectivity index (χ0v) is 19.7. The molecule has 2 amide bonds. The fourth-order valence-corrected chi connectivity index (χ4v) is 3.69. The lowest BCUT2D eigenvalue weighted by Gasteiger charge is -2.26. The van der Waals surface area contributed by atoms with Crippen LogP contribution in [0, 0.1) is 0 Å². The molecule has 1 heterocycles. The standard InChI is InChI=1S/C25H19Cl2N3O5/c26-17-10-7-15(11-18(17)27)22(31)13-35-25(34)14-5-8-16(9-6-14)28-23(32)12-21-24(33)30-20-4-2-1-3-19(20)29-21/h1-11,21,29H,12-13H2,(H,28,32)(H,30,33). The number of para-hydroxylation sites is 2. The molecule has 3 aromatic rings. The summed E-state index contributed by atoms with van der Waals surface area (Å²) >= 11 is 11.7. The number of benzene rings is 3. The molecule has 0 saturated heterocycles. The first-order valence-corrected chi connectivity index (χ1v) is 11.3. The Balaban J connectivity index is 1.28. The summed E-state index contributed by atoms with van der Waals surface area (Å²) in [6.45, 7) is -0.463. The summed E-state index contributed by atoms with van der Waals surface area (Å²) in [5.41, 5.74) is 2.32. The fourth-order valence-electron chi connectivity index (χ4n) is 3.39. The molecule has 10 heteroatoms. The van der Waals surface area contributed by atoms with Gasteiger partial charge in [0.15, 0.2) is 12.4 Å². The number of halogens is 2. The van der Waals surface area contributed by atoms with Crippen LogP contribution in [0.1, 0.15) is 27.1 Å². The SMILES string of the molecule is O=C(CC1Nc2ccccc2NC1=O)Nc1ccc(C(=O)OCC(=O)c2ccc(Cl)c(Cl)c2)cc1. The van der Waals surface area contributed by atoms with E-state index in [0.717, 1.165) is 5.69 Å². The van der Waals surface area contributed by atoms with Gasteiger partial charge in [0, 0.05) is 11.3 Å². The minimum absolute atomic E-state index is 0.0826.